The van der Waals surface area contributed by atoms with Crippen molar-refractivity contribution in [1.29, 1.82) is 0 Å². The summed E-state index contributed by atoms with van der Waals surface area (Å²) in [6, 6.07) is 155. The van der Waals surface area contributed by atoms with Gasteiger partial charge >= 0.3 is 0 Å². The van der Waals surface area contributed by atoms with E-state index in [9.17, 15) is 0 Å². The molecule has 8 nitrogen and oxygen atoms in total. The van der Waals surface area contributed by atoms with Crippen LogP contribution in [0.2, 0.25) is 0 Å². The molecule has 580 valence electrons. The number of hydrogen-bond donors (Lipinski definition) is 0. The molecule has 0 N–H and O–H groups in total. The van der Waals surface area contributed by atoms with Crippen LogP contribution in [0.1, 0.15) is 0 Å². The average Bonchev–Trinajstić information content (AvgIpc) is 1.56. The van der Waals surface area contributed by atoms with Gasteiger partial charge in [0.15, 0.2) is 34.9 Å². The molecule has 0 saturated heterocycles. The Hall–Kier alpha value is -16.0. The van der Waals surface area contributed by atoms with Crippen LogP contribution in [0.25, 0.3) is 230 Å². The van der Waals surface area contributed by atoms with Crippen molar-refractivity contribution in [1.82, 2.24) is 39.0 Å². The summed E-state index contributed by atoms with van der Waals surface area (Å²) in [6.45, 7) is 0. The zero-order valence-electron chi connectivity index (χ0n) is 67.0. The molecule has 0 fully saturated rings. The predicted octanol–water partition coefficient (Wildman–Crippen LogP) is 30.7. The lowest BCUT2D eigenvalue weighted by atomic mass is 9.97. The molecule has 0 unspecified atom stereocenters. The minimum Gasteiger partial charge on any atom is -0.308 e. The van der Waals surface area contributed by atoms with Gasteiger partial charge in [0.25, 0.3) is 0 Å². The molecule has 124 heavy (non-hydrogen) atoms. The molecule has 0 saturated carbocycles. The van der Waals surface area contributed by atoms with Crippen LogP contribution in [0, 0.1) is 0 Å². The highest BCUT2D eigenvalue weighted by Crippen LogP contribution is 2.50. The Labute approximate surface area is 723 Å². The molecule has 18 aromatic carbocycles. The van der Waals surface area contributed by atoms with E-state index in [1.54, 1.807) is 0 Å². The first-order valence-electron chi connectivity index (χ1n) is 41.7. The number of rotatable bonds is 14. The van der Waals surface area contributed by atoms with E-state index in [0.717, 1.165) is 77.9 Å². The molecule has 0 spiro atoms. The Bertz CT molecular complexity index is 8170. The second-order valence-corrected chi connectivity index (χ2v) is 33.2. The monoisotopic (exact) mass is 1620 g/mol. The van der Waals surface area contributed by atoms with E-state index in [1.165, 1.54) is 118 Å². The fourth-order valence-electron chi connectivity index (χ4n) is 17.9. The molecule has 10 heteroatoms. The highest BCUT2D eigenvalue weighted by Gasteiger charge is 2.26. The first-order chi connectivity index (χ1) is 61.5. The lowest BCUT2D eigenvalue weighted by Crippen LogP contribution is -2.03. The van der Waals surface area contributed by atoms with Gasteiger partial charge in [0.1, 0.15) is 0 Å². The van der Waals surface area contributed by atoms with Gasteiger partial charge in [-0.05, 0) is 133 Å². The van der Waals surface area contributed by atoms with Crippen molar-refractivity contribution >= 4 is 107 Å². The van der Waals surface area contributed by atoms with Crippen molar-refractivity contribution in [3.8, 4) is 146 Å². The number of para-hydroxylation sites is 4. The number of nitrogens with zero attached hydrogens (tertiary/aromatic N) is 8. The molecular weight excluding hydrogens is 1550 g/mol. The number of fused-ring (bicyclic) bond motifs is 14. The van der Waals surface area contributed by atoms with Gasteiger partial charge in [0, 0.05) is 95.3 Å². The zero-order valence-corrected chi connectivity index (χ0v) is 68.6. The van der Waals surface area contributed by atoms with Gasteiger partial charge in [-0.1, -0.05) is 370 Å². The fraction of sp³-hybridized carbons (Fsp3) is 0. The number of hydrogen-bond acceptors (Lipinski definition) is 8. The van der Waals surface area contributed by atoms with E-state index in [0.29, 0.717) is 34.9 Å². The van der Waals surface area contributed by atoms with Gasteiger partial charge in [-0.3, -0.25) is 0 Å². The normalized spacial score (nSPS) is 11.5. The van der Waals surface area contributed by atoms with Crippen molar-refractivity contribution in [2.45, 2.75) is 0 Å². The van der Waals surface area contributed by atoms with Crippen LogP contribution >= 0.6 is 22.7 Å². The quantitative estimate of drug-likeness (QED) is 0.108. The van der Waals surface area contributed by atoms with Crippen LogP contribution in [-0.4, -0.2) is 39.0 Å². The zero-order chi connectivity index (χ0) is 82.0. The van der Waals surface area contributed by atoms with Gasteiger partial charge in [0.2, 0.25) is 0 Å². The second-order valence-electron chi connectivity index (χ2n) is 31.1. The Kier molecular flexibility index (Phi) is 18.5. The first-order valence-corrected chi connectivity index (χ1v) is 43.3. The first kappa shape index (κ1) is 73.2. The van der Waals surface area contributed by atoms with Gasteiger partial charge in [-0.15, -0.1) is 22.7 Å². The number of aromatic nitrogens is 8. The third kappa shape index (κ3) is 13.2. The summed E-state index contributed by atoms with van der Waals surface area (Å²) >= 11 is 3.75. The van der Waals surface area contributed by atoms with E-state index >= 15 is 0 Å². The molecule has 0 radical (unpaired) electrons. The van der Waals surface area contributed by atoms with Crippen LogP contribution in [0.15, 0.2) is 437 Å². The molecule has 24 rings (SSSR count). The number of thiophene rings is 2. The predicted molar refractivity (Wildman–Crippen MR) is 519 cm³/mol. The Morgan fingerprint density at radius 1 is 0.161 bits per heavy atom. The average molecular weight is 1620 g/mol. The molecule has 0 aliphatic carbocycles. The Morgan fingerprint density at radius 3 is 0.831 bits per heavy atom. The molecule has 0 aliphatic heterocycles. The third-order valence-corrected chi connectivity index (χ3v) is 26.2. The van der Waals surface area contributed by atoms with E-state index in [-0.39, 0.29) is 0 Å². The maximum absolute atomic E-state index is 5.25. The van der Waals surface area contributed by atoms with Crippen LogP contribution in [0.4, 0.5) is 0 Å². The van der Waals surface area contributed by atoms with Gasteiger partial charge < -0.3 is 9.13 Å². The lowest BCUT2D eigenvalue weighted by Gasteiger charge is -2.14. The van der Waals surface area contributed by atoms with Gasteiger partial charge in [-0.2, -0.15) is 0 Å². The molecule has 0 amide bonds. The highest BCUT2D eigenvalue weighted by molar-refractivity contribution is 7.27. The molecule has 0 aliphatic rings. The van der Waals surface area contributed by atoms with E-state index < -0.39 is 0 Å². The smallest absolute Gasteiger partial charge is 0.166 e. The molecule has 6 heterocycles. The summed E-state index contributed by atoms with van der Waals surface area (Å²) in [4.78, 5) is 31.0. The van der Waals surface area contributed by atoms with Crippen LogP contribution in [0.3, 0.4) is 0 Å². The minimum atomic E-state index is 0.618. The topological polar surface area (TPSA) is 87.2 Å². The van der Waals surface area contributed by atoms with E-state index in [4.69, 9.17) is 29.9 Å². The van der Waals surface area contributed by atoms with Gasteiger partial charge in [-0.25, -0.2) is 29.9 Å². The summed E-state index contributed by atoms with van der Waals surface area (Å²) in [5, 5.41) is 10.0. The van der Waals surface area contributed by atoms with Crippen molar-refractivity contribution in [2.75, 3.05) is 0 Å². The largest absolute Gasteiger partial charge is 0.308 e. The van der Waals surface area contributed by atoms with E-state index in [1.807, 2.05) is 71.2 Å². The minimum absolute atomic E-state index is 0.618. The molecule has 6 aromatic heterocycles. The van der Waals surface area contributed by atoms with Crippen molar-refractivity contribution in [2.24, 2.45) is 0 Å². The van der Waals surface area contributed by atoms with Crippen LogP contribution < -0.4 is 0 Å². The highest BCUT2D eigenvalue weighted by atomic mass is 32.1. The lowest BCUT2D eigenvalue weighted by molar-refractivity contribution is 1.06. The summed E-state index contributed by atoms with van der Waals surface area (Å²) in [6.07, 6.45) is 0. The molecular formula is C114H72N8S2. The van der Waals surface area contributed by atoms with E-state index in [2.05, 4.69) is 397 Å². The Balaban J connectivity index is 0.000000143. The van der Waals surface area contributed by atoms with Crippen LogP contribution in [0.5, 0.6) is 0 Å². The van der Waals surface area contributed by atoms with Crippen molar-refractivity contribution in [3.05, 3.63) is 437 Å². The van der Waals surface area contributed by atoms with Gasteiger partial charge in [0.05, 0.1) is 33.4 Å². The van der Waals surface area contributed by atoms with Crippen LogP contribution in [-0.2, 0) is 0 Å². The molecule has 0 bridgehead atoms. The van der Waals surface area contributed by atoms with Crippen molar-refractivity contribution in [3.63, 3.8) is 0 Å². The number of benzene rings is 18. The standard InChI is InChI=1S/2C57H36N4S/c1-4-16-37(17-5-1)39-30-32-41(33-31-39)56-58-55(40-20-8-3-9-21-40)59-57(60-56)46-25-11-13-29-49(46)61-48-28-12-10-24-45(48)52-50(61)34-35-51-53(52)47-27-15-26-44(54(47)62-51)43-23-14-22-42(36-43)38-18-6-2-7-19-38;1-4-15-37(16-5-1)39-27-31-41(32-28-39)44-23-14-24-47-53-51(62-54(44)47)36-35-50-52(53)45-21-10-12-25-48(45)61(50)49-26-13-11-22-46(49)57-59-55(42-19-8-3-9-20-42)58-56(60-57)43-33-29-40(30-34-43)38-17-6-2-7-18-38/h2*1-36H. The Morgan fingerprint density at radius 2 is 0.427 bits per heavy atom. The fourth-order valence-corrected chi connectivity index (χ4v) is 20.4. The summed E-state index contributed by atoms with van der Waals surface area (Å²) < 4.78 is 9.92. The molecule has 0 atom stereocenters. The summed E-state index contributed by atoms with van der Waals surface area (Å²) in [5.74, 6) is 3.75. The van der Waals surface area contributed by atoms with Crippen molar-refractivity contribution < 1.29 is 0 Å². The maximum Gasteiger partial charge on any atom is 0.166 e. The third-order valence-electron chi connectivity index (χ3n) is 23.8. The summed E-state index contributed by atoms with van der Waals surface area (Å²) in [7, 11) is 0. The maximum atomic E-state index is 5.25. The SMILES string of the molecule is c1ccc(-c2ccc(-c3nc(-c4ccccc4)nc(-c4ccccc4-n4c5ccccc5c5c6c(ccc54)sc4c(-c5ccc(-c7ccccc7)cc5)cccc46)n3)cc2)cc1.c1ccc(-c2ccc(-c3nc(-c4ccccc4)nc(-c4ccccc4-n4c5ccccc5c5c6c(ccc54)sc4c(-c5cccc(-c7ccccc7)c5)cccc46)n3)cc2)cc1. The second kappa shape index (κ2) is 31.3. The molecule has 24 aromatic rings. The summed E-state index contributed by atoms with van der Waals surface area (Å²) in [5.41, 5.74) is 26.5.